The summed E-state index contributed by atoms with van der Waals surface area (Å²) in [6.07, 6.45) is 1.90. The van der Waals surface area contributed by atoms with E-state index < -0.39 is 11.2 Å². The lowest BCUT2D eigenvalue weighted by Gasteiger charge is -2.05. The first-order chi connectivity index (χ1) is 9.69. The zero-order chi connectivity index (χ0) is 14.4. The summed E-state index contributed by atoms with van der Waals surface area (Å²) in [5.41, 5.74) is 0.896. The Balaban J connectivity index is 2.22. The second kappa shape index (κ2) is 6.55. The van der Waals surface area contributed by atoms with Crippen molar-refractivity contribution in [3.8, 4) is 11.8 Å². The minimum atomic E-state index is -0.436. The van der Waals surface area contributed by atoms with E-state index >= 15 is 0 Å². The number of benzene rings is 1. The molecule has 0 saturated carbocycles. The van der Waals surface area contributed by atoms with Gasteiger partial charge in [-0.2, -0.15) is 0 Å². The fourth-order valence-electron chi connectivity index (χ4n) is 1.73. The van der Waals surface area contributed by atoms with Crippen molar-refractivity contribution in [1.29, 1.82) is 0 Å². The van der Waals surface area contributed by atoms with Crippen molar-refractivity contribution in [3.63, 3.8) is 0 Å². The number of nitrogens with one attached hydrogen (secondary N) is 1. The van der Waals surface area contributed by atoms with Gasteiger partial charge in [0.05, 0.1) is 13.2 Å². The summed E-state index contributed by atoms with van der Waals surface area (Å²) in [5, 5.41) is 8.68. The Bertz CT molecular complexity index is 763. The molecule has 1 heterocycles. The maximum Gasteiger partial charge on any atom is 0.328 e. The Hall–Kier alpha value is -2.58. The number of aliphatic hydroxyl groups excluding tert-OH is 1. The van der Waals surface area contributed by atoms with Crippen LogP contribution in [0.25, 0.3) is 0 Å². The maximum atomic E-state index is 11.6. The Morgan fingerprint density at radius 3 is 2.85 bits per heavy atom. The molecule has 0 bridgehead atoms. The fraction of sp³-hybridized carbons (Fsp3) is 0.200. The monoisotopic (exact) mass is 270 g/mol. The Kier molecular flexibility index (Phi) is 4.53. The van der Waals surface area contributed by atoms with Crippen LogP contribution in [0.1, 0.15) is 17.5 Å². The topological polar surface area (TPSA) is 75.1 Å². The Labute approximate surface area is 115 Å². The third-order valence-corrected chi connectivity index (χ3v) is 2.65. The van der Waals surface area contributed by atoms with Crippen LogP contribution in [0.15, 0.2) is 46.1 Å². The number of rotatable bonds is 3. The second-order valence-corrected chi connectivity index (χ2v) is 4.21. The van der Waals surface area contributed by atoms with Crippen LogP contribution < -0.4 is 11.2 Å². The highest BCUT2D eigenvalue weighted by Gasteiger charge is 1.99. The molecule has 1 aromatic carbocycles. The molecule has 1 aromatic heterocycles. The van der Waals surface area contributed by atoms with E-state index in [1.807, 2.05) is 24.3 Å². The molecular weight excluding hydrogens is 256 g/mol. The quantitative estimate of drug-likeness (QED) is 0.789. The molecule has 0 aliphatic heterocycles. The standard InChI is InChI=1S/C15H14N2O3/c18-9-2-1-4-12-5-3-6-13(10-12)11-17-8-7-14(19)16-15(17)20/h3,5-8,10,18H,2,9,11H2,(H,16,19,20). The Morgan fingerprint density at radius 1 is 1.25 bits per heavy atom. The SMILES string of the molecule is O=c1ccn(Cc2cccc(C#CCCO)c2)c(=O)[nH]1. The molecule has 0 aliphatic carbocycles. The largest absolute Gasteiger partial charge is 0.395 e. The number of nitrogens with zero attached hydrogens (tertiary/aromatic N) is 1. The molecule has 0 fully saturated rings. The highest BCUT2D eigenvalue weighted by atomic mass is 16.2. The van der Waals surface area contributed by atoms with Gasteiger partial charge in [-0.15, -0.1) is 0 Å². The van der Waals surface area contributed by atoms with Crippen LogP contribution in [0, 0.1) is 11.8 Å². The number of aliphatic hydroxyl groups is 1. The van der Waals surface area contributed by atoms with Gasteiger partial charge in [-0.3, -0.25) is 14.3 Å². The summed E-state index contributed by atoms with van der Waals surface area (Å²) >= 11 is 0. The first kappa shape index (κ1) is 13.8. The fourth-order valence-corrected chi connectivity index (χ4v) is 1.73. The van der Waals surface area contributed by atoms with Gasteiger partial charge >= 0.3 is 5.69 Å². The summed E-state index contributed by atoms with van der Waals surface area (Å²) in [4.78, 5) is 24.8. The van der Waals surface area contributed by atoms with E-state index in [0.717, 1.165) is 11.1 Å². The molecule has 102 valence electrons. The van der Waals surface area contributed by atoms with Crippen LogP contribution in [-0.4, -0.2) is 21.3 Å². The summed E-state index contributed by atoms with van der Waals surface area (Å²) < 4.78 is 1.42. The molecule has 20 heavy (non-hydrogen) atoms. The number of hydrogen-bond acceptors (Lipinski definition) is 3. The van der Waals surface area contributed by atoms with Crippen LogP contribution in [0.2, 0.25) is 0 Å². The van der Waals surface area contributed by atoms with E-state index in [9.17, 15) is 9.59 Å². The normalized spacial score (nSPS) is 9.85. The van der Waals surface area contributed by atoms with Gasteiger partial charge < -0.3 is 5.11 Å². The van der Waals surface area contributed by atoms with Crippen molar-refractivity contribution in [2.45, 2.75) is 13.0 Å². The lowest BCUT2D eigenvalue weighted by molar-refractivity contribution is 0.305. The first-order valence-electron chi connectivity index (χ1n) is 6.17. The summed E-state index contributed by atoms with van der Waals surface area (Å²) in [6.45, 7) is 0.407. The molecule has 0 saturated heterocycles. The van der Waals surface area contributed by atoms with Gasteiger partial charge in [-0.1, -0.05) is 24.0 Å². The van der Waals surface area contributed by atoms with Gasteiger partial charge in [-0.25, -0.2) is 4.79 Å². The summed E-state index contributed by atoms with van der Waals surface area (Å²) in [5.74, 6) is 5.79. The highest BCUT2D eigenvalue weighted by Crippen LogP contribution is 2.05. The van der Waals surface area contributed by atoms with Crippen LogP contribution >= 0.6 is 0 Å². The molecule has 5 heteroatoms. The first-order valence-corrected chi connectivity index (χ1v) is 6.17. The molecule has 0 radical (unpaired) electrons. The van der Waals surface area contributed by atoms with Crippen molar-refractivity contribution in [3.05, 3.63) is 68.5 Å². The average molecular weight is 270 g/mol. The van der Waals surface area contributed by atoms with Crippen LogP contribution in [0.4, 0.5) is 0 Å². The molecule has 2 rings (SSSR count). The van der Waals surface area contributed by atoms with Gasteiger partial charge in [0, 0.05) is 24.2 Å². The van der Waals surface area contributed by atoms with E-state index in [-0.39, 0.29) is 6.61 Å². The molecule has 0 amide bonds. The van der Waals surface area contributed by atoms with Crippen LogP contribution in [0.5, 0.6) is 0 Å². The summed E-state index contributed by atoms with van der Waals surface area (Å²) in [7, 11) is 0. The predicted octanol–water partition coefficient (Wildman–Crippen LogP) is 0.319. The zero-order valence-electron chi connectivity index (χ0n) is 10.8. The zero-order valence-corrected chi connectivity index (χ0v) is 10.8. The average Bonchev–Trinajstić information content (AvgIpc) is 2.43. The molecule has 0 atom stereocenters. The second-order valence-electron chi connectivity index (χ2n) is 4.21. The molecule has 2 aromatic rings. The maximum absolute atomic E-state index is 11.6. The van der Waals surface area contributed by atoms with E-state index in [2.05, 4.69) is 16.8 Å². The van der Waals surface area contributed by atoms with E-state index in [0.29, 0.717) is 13.0 Å². The van der Waals surface area contributed by atoms with Crippen LogP contribution in [-0.2, 0) is 6.54 Å². The highest BCUT2D eigenvalue weighted by molar-refractivity contribution is 5.37. The minimum Gasteiger partial charge on any atom is -0.395 e. The van der Waals surface area contributed by atoms with E-state index in [4.69, 9.17) is 5.11 Å². The number of H-pyrrole nitrogens is 1. The van der Waals surface area contributed by atoms with Gasteiger partial charge in [0.2, 0.25) is 0 Å². The van der Waals surface area contributed by atoms with E-state index in [1.165, 1.54) is 16.8 Å². The molecule has 0 spiro atoms. The lowest BCUT2D eigenvalue weighted by atomic mass is 10.1. The Morgan fingerprint density at radius 2 is 2.10 bits per heavy atom. The van der Waals surface area contributed by atoms with Crippen molar-refractivity contribution in [1.82, 2.24) is 9.55 Å². The van der Waals surface area contributed by atoms with Gasteiger partial charge in [0.25, 0.3) is 5.56 Å². The van der Waals surface area contributed by atoms with Gasteiger partial charge in [0.1, 0.15) is 0 Å². The number of aromatic nitrogens is 2. The molecular formula is C15H14N2O3. The minimum absolute atomic E-state index is 0.0411. The van der Waals surface area contributed by atoms with Gasteiger partial charge in [-0.05, 0) is 17.7 Å². The smallest absolute Gasteiger partial charge is 0.328 e. The van der Waals surface area contributed by atoms with Crippen molar-refractivity contribution >= 4 is 0 Å². The third-order valence-electron chi connectivity index (χ3n) is 2.65. The number of hydrogen-bond donors (Lipinski definition) is 2. The van der Waals surface area contributed by atoms with Crippen molar-refractivity contribution < 1.29 is 5.11 Å². The van der Waals surface area contributed by atoms with Gasteiger partial charge in [0.15, 0.2) is 0 Å². The number of aromatic amines is 1. The predicted molar refractivity (Wildman–Crippen MR) is 75.4 cm³/mol. The lowest BCUT2D eigenvalue weighted by Crippen LogP contribution is -2.28. The molecule has 0 unspecified atom stereocenters. The van der Waals surface area contributed by atoms with E-state index in [1.54, 1.807) is 0 Å². The van der Waals surface area contributed by atoms with Crippen LogP contribution in [0.3, 0.4) is 0 Å². The van der Waals surface area contributed by atoms with Crippen molar-refractivity contribution in [2.24, 2.45) is 0 Å². The summed E-state index contributed by atoms with van der Waals surface area (Å²) in [6, 6.07) is 8.79. The molecule has 0 aliphatic rings. The third kappa shape index (κ3) is 3.70. The van der Waals surface area contributed by atoms with Crippen molar-refractivity contribution in [2.75, 3.05) is 6.61 Å². The molecule has 5 nitrogen and oxygen atoms in total. The molecule has 2 N–H and O–H groups in total.